The van der Waals surface area contributed by atoms with Crippen molar-refractivity contribution in [1.29, 1.82) is 0 Å². The number of carbonyl (C=O) groups is 1. The zero-order chi connectivity index (χ0) is 17.1. The van der Waals surface area contributed by atoms with Crippen molar-refractivity contribution in [2.24, 2.45) is 0 Å². The summed E-state index contributed by atoms with van der Waals surface area (Å²) in [5.41, 5.74) is 2.12. The number of anilines is 1. The lowest BCUT2D eigenvalue weighted by molar-refractivity contribution is 0.0680. The zero-order valence-corrected chi connectivity index (χ0v) is 15.1. The van der Waals surface area contributed by atoms with Crippen molar-refractivity contribution < 1.29 is 14.3 Å². The Morgan fingerprint density at radius 2 is 2.16 bits per heavy atom. The highest BCUT2D eigenvalue weighted by Gasteiger charge is 2.18. The van der Waals surface area contributed by atoms with Crippen LogP contribution in [0.3, 0.4) is 0 Å². The number of ether oxygens (including phenoxy) is 2. The van der Waals surface area contributed by atoms with E-state index in [9.17, 15) is 4.79 Å². The van der Waals surface area contributed by atoms with Crippen molar-refractivity contribution >= 4 is 22.9 Å². The fraction of sp³-hybridized carbons (Fsp3) is 0.450. The molecule has 132 valence electrons. The van der Waals surface area contributed by atoms with E-state index < -0.39 is 0 Å². The van der Waals surface area contributed by atoms with Crippen LogP contribution in [-0.4, -0.2) is 25.2 Å². The van der Waals surface area contributed by atoms with Gasteiger partial charge in [0.2, 0.25) is 0 Å². The quantitative estimate of drug-likeness (QED) is 0.861. The first kappa shape index (κ1) is 16.6. The van der Waals surface area contributed by atoms with Gasteiger partial charge in [0.25, 0.3) is 5.91 Å². The highest BCUT2D eigenvalue weighted by atomic mass is 32.1. The topological polar surface area (TPSA) is 47.6 Å². The van der Waals surface area contributed by atoms with Crippen LogP contribution in [0, 0.1) is 0 Å². The van der Waals surface area contributed by atoms with E-state index in [2.05, 4.69) is 11.4 Å². The van der Waals surface area contributed by atoms with Crippen molar-refractivity contribution in [2.75, 3.05) is 18.5 Å². The van der Waals surface area contributed by atoms with Gasteiger partial charge in [-0.1, -0.05) is 6.07 Å². The molecule has 0 saturated carbocycles. The lowest BCUT2D eigenvalue weighted by Crippen LogP contribution is -2.16. The van der Waals surface area contributed by atoms with E-state index in [1.54, 1.807) is 11.3 Å². The number of amides is 1. The van der Waals surface area contributed by atoms with Crippen LogP contribution in [0.25, 0.3) is 0 Å². The smallest absolute Gasteiger partial charge is 0.265 e. The molecule has 2 aromatic rings. The second-order valence-corrected chi connectivity index (χ2v) is 7.83. The number of carbonyl (C=O) groups excluding carboxylic acids is 1. The van der Waals surface area contributed by atoms with Gasteiger partial charge < -0.3 is 14.8 Å². The van der Waals surface area contributed by atoms with Crippen LogP contribution in [0.5, 0.6) is 5.75 Å². The molecule has 1 saturated heterocycles. The molecule has 1 aromatic heterocycles. The van der Waals surface area contributed by atoms with Gasteiger partial charge in [-0.25, -0.2) is 0 Å². The Kier molecular flexibility index (Phi) is 5.04. The maximum Gasteiger partial charge on any atom is 0.265 e. The molecule has 4 rings (SSSR count). The van der Waals surface area contributed by atoms with Crippen molar-refractivity contribution in [1.82, 2.24) is 0 Å². The van der Waals surface area contributed by atoms with Crippen LogP contribution in [0.2, 0.25) is 0 Å². The normalized spacial score (nSPS) is 19.4. The number of fused-ring (bicyclic) bond motifs is 1. The van der Waals surface area contributed by atoms with Gasteiger partial charge in [-0.2, -0.15) is 0 Å². The first-order valence-electron chi connectivity index (χ1n) is 9.05. The van der Waals surface area contributed by atoms with E-state index in [-0.39, 0.29) is 12.0 Å². The summed E-state index contributed by atoms with van der Waals surface area (Å²) in [6, 6.07) is 9.64. The molecular formula is C20H23NO3S. The van der Waals surface area contributed by atoms with Gasteiger partial charge in [0.05, 0.1) is 11.0 Å². The molecule has 4 nitrogen and oxygen atoms in total. The van der Waals surface area contributed by atoms with E-state index in [0.29, 0.717) is 6.61 Å². The van der Waals surface area contributed by atoms with Crippen molar-refractivity contribution in [3.05, 3.63) is 45.6 Å². The van der Waals surface area contributed by atoms with E-state index in [0.717, 1.165) is 48.6 Å². The largest absolute Gasteiger partial charge is 0.491 e. The minimum absolute atomic E-state index is 0.0318. The highest BCUT2D eigenvalue weighted by molar-refractivity contribution is 7.14. The summed E-state index contributed by atoms with van der Waals surface area (Å²) in [6.45, 7) is 1.39. The van der Waals surface area contributed by atoms with Crippen LogP contribution in [0.4, 0.5) is 5.69 Å². The molecule has 0 bridgehead atoms. The fourth-order valence-corrected chi connectivity index (χ4v) is 4.57. The van der Waals surface area contributed by atoms with E-state index in [1.165, 1.54) is 23.3 Å². The Morgan fingerprint density at radius 1 is 1.24 bits per heavy atom. The second-order valence-electron chi connectivity index (χ2n) is 6.69. The van der Waals surface area contributed by atoms with Crippen LogP contribution in [0.1, 0.15) is 45.8 Å². The van der Waals surface area contributed by atoms with Crippen molar-refractivity contribution in [3.63, 3.8) is 0 Å². The lowest BCUT2D eigenvalue weighted by Gasteiger charge is -2.12. The predicted octanol–water partition coefficient (Wildman–Crippen LogP) is 4.44. The molecule has 1 atom stereocenters. The van der Waals surface area contributed by atoms with Gasteiger partial charge in [0.1, 0.15) is 12.4 Å². The molecule has 1 fully saturated rings. The molecular weight excluding hydrogens is 334 g/mol. The Bertz CT molecular complexity index is 726. The van der Waals surface area contributed by atoms with Crippen LogP contribution < -0.4 is 10.1 Å². The van der Waals surface area contributed by atoms with Crippen LogP contribution in [-0.2, 0) is 17.6 Å². The first-order chi connectivity index (χ1) is 12.3. The lowest BCUT2D eigenvalue weighted by atomic mass is 9.99. The molecule has 25 heavy (non-hydrogen) atoms. The minimum atomic E-state index is -0.0318. The number of hydrogen-bond acceptors (Lipinski definition) is 4. The number of nitrogens with one attached hydrogen (secondary N) is 1. The zero-order valence-electron chi connectivity index (χ0n) is 14.3. The Labute approximate surface area is 152 Å². The van der Waals surface area contributed by atoms with Gasteiger partial charge in [0, 0.05) is 23.2 Å². The van der Waals surface area contributed by atoms with Crippen molar-refractivity contribution in [3.8, 4) is 5.75 Å². The summed E-state index contributed by atoms with van der Waals surface area (Å²) in [4.78, 5) is 14.7. The molecule has 1 aliphatic carbocycles. The molecule has 1 N–H and O–H groups in total. The molecule has 0 radical (unpaired) electrons. The summed E-state index contributed by atoms with van der Waals surface area (Å²) in [5, 5.41) is 3.00. The molecule has 2 heterocycles. The van der Waals surface area contributed by atoms with E-state index >= 15 is 0 Å². The highest BCUT2D eigenvalue weighted by Crippen LogP contribution is 2.30. The van der Waals surface area contributed by atoms with E-state index in [1.807, 2.05) is 24.3 Å². The third kappa shape index (κ3) is 4.05. The summed E-state index contributed by atoms with van der Waals surface area (Å²) in [7, 11) is 0. The molecule has 5 heteroatoms. The standard InChI is InChI=1S/C20H23NO3S/c22-20(19-11-14-5-1-2-9-18(14)25-19)21-15-6-3-7-16(12-15)24-13-17-8-4-10-23-17/h3,6-7,11-12,17H,1-2,4-5,8-10,13H2,(H,21,22). The van der Waals surface area contributed by atoms with Crippen LogP contribution >= 0.6 is 11.3 Å². The maximum absolute atomic E-state index is 12.5. The van der Waals surface area contributed by atoms with Crippen LogP contribution in [0.15, 0.2) is 30.3 Å². The molecule has 0 spiro atoms. The average Bonchev–Trinajstić information content (AvgIpc) is 3.29. The van der Waals surface area contributed by atoms with Gasteiger partial charge in [-0.05, 0) is 62.3 Å². The number of hydrogen-bond donors (Lipinski definition) is 1. The number of rotatable bonds is 5. The Morgan fingerprint density at radius 3 is 3.00 bits per heavy atom. The average molecular weight is 357 g/mol. The molecule has 1 amide bonds. The van der Waals surface area contributed by atoms with E-state index in [4.69, 9.17) is 9.47 Å². The first-order valence-corrected chi connectivity index (χ1v) is 9.87. The van der Waals surface area contributed by atoms with Gasteiger partial charge >= 0.3 is 0 Å². The number of thiophene rings is 1. The summed E-state index contributed by atoms with van der Waals surface area (Å²) in [6.07, 6.45) is 7.03. The number of benzene rings is 1. The van der Waals surface area contributed by atoms with Gasteiger partial charge in [0.15, 0.2) is 0 Å². The fourth-order valence-electron chi connectivity index (χ4n) is 3.42. The third-order valence-corrected chi connectivity index (χ3v) is 6.01. The summed E-state index contributed by atoms with van der Waals surface area (Å²) in [5.74, 6) is 0.731. The van der Waals surface area contributed by atoms with Gasteiger partial charge in [-0.15, -0.1) is 11.3 Å². The third-order valence-electron chi connectivity index (χ3n) is 4.77. The number of aryl methyl sites for hydroxylation is 2. The summed E-state index contributed by atoms with van der Waals surface area (Å²) >= 11 is 1.63. The predicted molar refractivity (Wildman–Crippen MR) is 99.8 cm³/mol. The molecule has 2 aliphatic rings. The molecule has 1 aromatic carbocycles. The minimum Gasteiger partial charge on any atom is -0.491 e. The SMILES string of the molecule is O=C(Nc1cccc(OCC2CCCO2)c1)c1cc2c(s1)CCCC2. The van der Waals surface area contributed by atoms with Gasteiger partial charge in [-0.3, -0.25) is 4.79 Å². The maximum atomic E-state index is 12.5. The monoisotopic (exact) mass is 357 g/mol. The molecule has 1 aliphatic heterocycles. The van der Waals surface area contributed by atoms with Crippen molar-refractivity contribution in [2.45, 2.75) is 44.6 Å². The Hall–Kier alpha value is -1.85. The molecule has 1 unspecified atom stereocenters. The summed E-state index contributed by atoms with van der Waals surface area (Å²) < 4.78 is 11.4. The second kappa shape index (κ2) is 7.58. The Balaban J connectivity index is 1.39.